The molecule has 0 fully saturated rings. The van der Waals surface area contributed by atoms with Crippen LogP contribution in [0.1, 0.15) is 37.8 Å². The minimum atomic E-state index is -1.05. The Balaban J connectivity index is 2.97. The molecule has 1 rings (SSSR count). The summed E-state index contributed by atoms with van der Waals surface area (Å²) in [5.41, 5.74) is 2.10. The number of carbonyl (C=O) groups excluding carboxylic acids is 1. The molecule has 0 aliphatic carbocycles. The van der Waals surface area contributed by atoms with E-state index in [-0.39, 0.29) is 11.7 Å². The Bertz CT molecular complexity index is 392. The maximum Gasteiger partial charge on any atom is 0.314 e. The van der Waals surface area contributed by atoms with Crippen LogP contribution in [0.3, 0.4) is 0 Å². The van der Waals surface area contributed by atoms with Crippen LogP contribution in [-0.2, 0) is 16.0 Å². The number of carboxylic acids is 1. The van der Waals surface area contributed by atoms with Crippen molar-refractivity contribution in [2.24, 2.45) is 5.92 Å². The Morgan fingerprint density at radius 3 is 2.12 bits per heavy atom. The van der Waals surface area contributed by atoms with Gasteiger partial charge in [0.1, 0.15) is 11.7 Å². The smallest absolute Gasteiger partial charge is 0.314 e. The minimum absolute atomic E-state index is 0.295. The van der Waals surface area contributed by atoms with E-state index in [2.05, 4.69) is 6.92 Å². The topological polar surface area (TPSA) is 54.4 Å². The average molecular weight is 234 g/mol. The van der Waals surface area contributed by atoms with Crippen LogP contribution in [0.15, 0.2) is 24.3 Å². The van der Waals surface area contributed by atoms with Crippen molar-refractivity contribution in [2.75, 3.05) is 0 Å². The van der Waals surface area contributed by atoms with Crippen LogP contribution < -0.4 is 0 Å². The van der Waals surface area contributed by atoms with Crippen LogP contribution in [0.4, 0.5) is 0 Å². The van der Waals surface area contributed by atoms with Gasteiger partial charge in [-0.15, -0.1) is 0 Å². The highest BCUT2D eigenvalue weighted by Gasteiger charge is 2.29. The fraction of sp³-hybridized carbons (Fsp3) is 0.429. The molecule has 0 saturated heterocycles. The summed E-state index contributed by atoms with van der Waals surface area (Å²) in [4.78, 5) is 22.4. The minimum Gasteiger partial charge on any atom is -0.481 e. The van der Waals surface area contributed by atoms with Crippen molar-refractivity contribution < 1.29 is 14.7 Å². The summed E-state index contributed by atoms with van der Waals surface area (Å²) >= 11 is 0. The lowest BCUT2D eigenvalue weighted by atomic mass is 9.85. The zero-order valence-electron chi connectivity index (χ0n) is 10.4. The third kappa shape index (κ3) is 3.16. The van der Waals surface area contributed by atoms with Crippen LogP contribution in [0.5, 0.6) is 0 Å². The number of Topliss-reactive ketones (excluding diaryl/α,β-unsaturated/α-hetero) is 1. The molecule has 3 nitrogen and oxygen atoms in total. The van der Waals surface area contributed by atoms with Gasteiger partial charge in [-0.1, -0.05) is 38.1 Å². The molecule has 1 aromatic carbocycles. The summed E-state index contributed by atoms with van der Waals surface area (Å²) in [6.45, 7) is 5.17. The van der Waals surface area contributed by atoms with Gasteiger partial charge in [-0.05, 0) is 24.5 Å². The molecule has 3 heteroatoms. The first-order valence-corrected chi connectivity index (χ1v) is 5.79. The predicted octanol–water partition coefficient (Wildman–Crippen LogP) is 2.64. The van der Waals surface area contributed by atoms with E-state index in [0.29, 0.717) is 0 Å². The second-order valence-corrected chi connectivity index (χ2v) is 4.31. The first kappa shape index (κ1) is 13.4. The zero-order valence-corrected chi connectivity index (χ0v) is 10.4. The number of rotatable bonds is 5. The summed E-state index contributed by atoms with van der Waals surface area (Å²) in [5.74, 6) is -2.60. The maximum atomic E-state index is 11.3. The molecule has 2 atom stereocenters. The maximum absolute atomic E-state index is 11.3. The number of hydrogen-bond acceptors (Lipinski definition) is 2. The van der Waals surface area contributed by atoms with E-state index in [0.717, 1.165) is 12.0 Å². The lowest BCUT2D eigenvalue weighted by Crippen LogP contribution is -2.26. The van der Waals surface area contributed by atoms with E-state index < -0.39 is 11.9 Å². The normalized spacial score (nSPS) is 14.1. The molecule has 1 aromatic rings. The molecule has 0 aliphatic heterocycles. The van der Waals surface area contributed by atoms with Gasteiger partial charge < -0.3 is 5.11 Å². The van der Waals surface area contributed by atoms with Crippen LogP contribution in [0, 0.1) is 5.92 Å². The second-order valence-electron chi connectivity index (χ2n) is 4.31. The van der Waals surface area contributed by atoms with Crippen LogP contribution >= 0.6 is 0 Å². The van der Waals surface area contributed by atoms with Crippen molar-refractivity contribution in [3.63, 3.8) is 0 Å². The van der Waals surface area contributed by atoms with Crippen LogP contribution in [0.2, 0.25) is 0 Å². The first-order chi connectivity index (χ1) is 7.97. The molecule has 92 valence electrons. The molecule has 0 amide bonds. The van der Waals surface area contributed by atoms with E-state index >= 15 is 0 Å². The molecule has 17 heavy (non-hydrogen) atoms. The van der Waals surface area contributed by atoms with Crippen molar-refractivity contribution in [1.29, 1.82) is 0 Å². The number of aliphatic carboxylic acids is 1. The Hall–Kier alpha value is -1.64. The number of ketones is 1. The fourth-order valence-electron chi connectivity index (χ4n) is 1.99. The number of hydrogen-bond donors (Lipinski definition) is 1. The molecule has 0 heterocycles. The highest BCUT2D eigenvalue weighted by molar-refractivity contribution is 5.97. The molecule has 0 radical (unpaired) electrons. The molecular formula is C14H18O3. The summed E-state index contributed by atoms with van der Waals surface area (Å²) < 4.78 is 0. The highest BCUT2D eigenvalue weighted by atomic mass is 16.4. The Kier molecular flexibility index (Phi) is 4.44. The van der Waals surface area contributed by atoms with Gasteiger partial charge in [-0.3, -0.25) is 9.59 Å². The van der Waals surface area contributed by atoms with Crippen molar-refractivity contribution >= 4 is 11.8 Å². The Morgan fingerprint density at radius 2 is 1.76 bits per heavy atom. The predicted molar refractivity (Wildman–Crippen MR) is 66.0 cm³/mol. The zero-order chi connectivity index (χ0) is 13.0. The van der Waals surface area contributed by atoms with Crippen LogP contribution in [-0.4, -0.2) is 16.9 Å². The summed E-state index contributed by atoms with van der Waals surface area (Å²) in [7, 11) is 0. The van der Waals surface area contributed by atoms with Gasteiger partial charge in [0.2, 0.25) is 0 Å². The van der Waals surface area contributed by atoms with Gasteiger partial charge in [-0.2, -0.15) is 0 Å². The van der Waals surface area contributed by atoms with E-state index in [1.807, 2.05) is 24.3 Å². The SMILES string of the molecule is CCc1ccc([C@H](C)[C@H](C(C)=O)C(=O)O)cc1. The third-order valence-corrected chi connectivity index (χ3v) is 3.12. The van der Waals surface area contributed by atoms with Crippen LogP contribution in [0.25, 0.3) is 0 Å². The largest absolute Gasteiger partial charge is 0.481 e. The molecule has 0 spiro atoms. The molecule has 1 N–H and O–H groups in total. The average Bonchev–Trinajstić information content (AvgIpc) is 2.28. The molecule has 0 unspecified atom stereocenters. The lowest BCUT2D eigenvalue weighted by molar-refractivity contribution is -0.146. The summed E-state index contributed by atoms with van der Waals surface area (Å²) in [5, 5.41) is 9.06. The Labute approximate surface area is 101 Å². The fourth-order valence-corrected chi connectivity index (χ4v) is 1.99. The van der Waals surface area contributed by atoms with E-state index in [4.69, 9.17) is 5.11 Å². The van der Waals surface area contributed by atoms with Crippen molar-refractivity contribution in [3.05, 3.63) is 35.4 Å². The summed E-state index contributed by atoms with van der Waals surface area (Å²) in [6.07, 6.45) is 0.948. The monoisotopic (exact) mass is 234 g/mol. The highest BCUT2D eigenvalue weighted by Crippen LogP contribution is 2.25. The quantitative estimate of drug-likeness (QED) is 0.797. The van der Waals surface area contributed by atoms with Gasteiger partial charge in [0, 0.05) is 5.92 Å². The van der Waals surface area contributed by atoms with Crippen molar-refractivity contribution in [1.82, 2.24) is 0 Å². The van der Waals surface area contributed by atoms with E-state index in [1.165, 1.54) is 12.5 Å². The van der Waals surface area contributed by atoms with Crippen molar-refractivity contribution in [3.8, 4) is 0 Å². The van der Waals surface area contributed by atoms with Gasteiger partial charge >= 0.3 is 5.97 Å². The number of carbonyl (C=O) groups is 2. The molecule has 0 aliphatic rings. The van der Waals surface area contributed by atoms with Crippen molar-refractivity contribution in [2.45, 2.75) is 33.1 Å². The summed E-state index contributed by atoms with van der Waals surface area (Å²) in [6, 6.07) is 7.76. The molecule has 0 aromatic heterocycles. The van der Waals surface area contributed by atoms with Gasteiger partial charge in [-0.25, -0.2) is 0 Å². The third-order valence-electron chi connectivity index (χ3n) is 3.12. The van der Waals surface area contributed by atoms with Gasteiger partial charge in [0.15, 0.2) is 0 Å². The second kappa shape index (κ2) is 5.62. The van der Waals surface area contributed by atoms with E-state index in [9.17, 15) is 9.59 Å². The van der Waals surface area contributed by atoms with Gasteiger partial charge in [0.25, 0.3) is 0 Å². The number of aryl methyl sites for hydroxylation is 1. The Morgan fingerprint density at radius 1 is 1.24 bits per heavy atom. The molecule has 0 bridgehead atoms. The van der Waals surface area contributed by atoms with Gasteiger partial charge in [0.05, 0.1) is 0 Å². The lowest BCUT2D eigenvalue weighted by Gasteiger charge is -2.18. The first-order valence-electron chi connectivity index (χ1n) is 5.79. The number of carboxylic acid groups (broad SMARTS) is 1. The molecule has 0 saturated carbocycles. The number of benzene rings is 1. The molecular weight excluding hydrogens is 216 g/mol. The van der Waals surface area contributed by atoms with E-state index in [1.54, 1.807) is 6.92 Å². The standard InChI is InChI=1S/C14H18O3/c1-4-11-5-7-12(8-6-11)9(2)13(10(3)15)14(16)17/h5-9,13H,4H2,1-3H3,(H,16,17)/t9-,13+/m0/s1.